The third-order valence-corrected chi connectivity index (χ3v) is 16.7. The number of thiophene rings is 1. The first-order valence-corrected chi connectivity index (χ1v) is 25.4. The molecule has 11 aromatic rings. The van der Waals surface area contributed by atoms with E-state index in [1.165, 1.54) is 98.1 Å². The van der Waals surface area contributed by atoms with Crippen LogP contribution in [0.1, 0.15) is 57.3 Å². The molecule has 1 nitrogen and oxygen atoms in total. The van der Waals surface area contributed by atoms with Gasteiger partial charge in [-0.15, -0.1) is 11.3 Å². The van der Waals surface area contributed by atoms with Crippen molar-refractivity contribution >= 4 is 54.1 Å². The van der Waals surface area contributed by atoms with Crippen molar-refractivity contribution in [1.29, 1.82) is 0 Å². The van der Waals surface area contributed by atoms with Crippen LogP contribution in [-0.2, 0) is 10.8 Å². The van der Waals surface area contributed by atoms with Gasteiger partial charge >= 0.3 is 0 Å². The number of hydrogen-bond donors (Lipinski definition) is 0. The van der Waals surface area contributed by atoms with E-state index in [1.54, 1.807) is 0 Å². The number of fused-ring (bicyclic) bond motifs is 11. The summed E-state index contributed by atoms with van der Waals surface area (Å²) < 4.78 is 2.64. The SMILES string of the molecule is C1=CC2=C(CC1)C1(c3cc(N(c4ccc(-c5ccccc5)cc4)c4ccc(-c5cccc6sc7ccccc7c56)cc4)ccc32)c2ccccc2C(c2ccccc2)(c2ccccc2)c2ccccc21. The Morgan fingerprint density at radius 1 is 0.371 bits per heavy atom. The maximum atomic E-state index is 2.55. The van der Waals surface area contributed by atoms with Crippen molar-refractivity contribution < 1.29 is 0 Å². The molecular weight excluding hydrogens is 863 g/mol. The topological polar surface area (TPSA) is 3.24 Å². The van der Waals surface area contributed by atoms with Gasteiger partial charge in [0, 0.05) is 37.2 Å². The summed E-state index contributed by atoms with van der Waals surface area (Å²) in [4.78, 5) is 2.47. The van der Waals surface area contributed by atoms with Gasteiger partial charge < -0.3 is 4.90 Å². The van der Waals surface area contributed by atoms with Gasteiger partial charge in [-0.2, -0.15) is 0 Å². The van der Waals surface area contributed by atoms with E-state index in [1.807, 2.05) is 11.3 Å². The molecule has 0 aliphatic heterocycles. The van der Waals surface area contributed by atoms with Crippen molar-refractivity contribution in [2.75, 3.05) is 4.90 Å². The summed E-state index contributed by atoms with van der Waals surface area (Å²) in [6.45, 7) is 0. The second-order valence-electron chi connectivity index (χ2n) is 19.0. The van der Waals surface area contributed by atoms with E-state index < -0.39 is 10.8 Å². The van der Waals surface area contributed by atoms with Gasteiger partial charge in [0.2, 0.25) is 0 Å². The van der Waals surface area contributed by atoms with Crippen molar-refractivity contribution in [2.24, 2.45) is 0 Å². The number of hydrogen-bond acceptors (Lipinski definition) is 2. The molecule has 2 heteroatoms. The first-order valence-electron chi connectivity index (χ1n) is 24.6. The third-order valence-electron chi connectivity index (χ3n) is 15.5. The molecule has 0 unspecified atom stereocenters. The van der Waals surface area contributed by atoms with E-state index in [4.69, 9.17) is 0 Å². The minimum absolute atomic E-state index is 0.527. The van der Waals surface area contributed by atoms with Gasteiger partial charge in [0.15, 0.2) is 0 Å². The van der Waals surface area contributed by atoms with Crippen LogP contribution in [0, 0.1) is 0 Å². The average molecular weight is 910 g/mol. The Morgan fingerprint density at radius 2 is 0.886 bits per heavy atom. The van der Waals surface area contributed by atoms with Crippen LogP contribution >= 0.6 is 11.3 Å². The standard InChI is InChI=1S/C68H47NS/c1-4-19-46(20-5-1)47-35-39-51(40-36-47)69(52-41-37-48(38-42-52)54-27-18-34-65-66(54)57-26-11-17-33-64(57)70-65)53-43-44-56-55-25-10-12-28-58(55)68(63(56)45-53)61-31-15-13-29-59(61)67(49-21-6-2-7-22-49,50-23-8-3-9-24-50)60-30-14-16-32-62(60)68/h1-11,13-27,29-45H,12,28H2. The van der Waals surface area contributed by atoms with Crippen molar-refractivity contribution in [2.45, 2.75) is 23.7 Å². The molecule has 14 rings (SSSR count). The van der Waals surface area contributed by atoms with Crippen LogP contribution in [0.2, 0.25) is 0 Å². The third kappa shape index (κ3) is 5.90. The number of rotatable bonds is 7. The van der Waals surface area contributed by atoms with Gasteiger partial charge in [0.25, 0.3) is 0 Å². The molecular formula is C68H47NS. The minimum atomic E-state index is -0.541. The van der Waals surface area contributed by atoms with Gasteiger partial charge in [-0.3, -0.25) is 0 Å². The quantitative estimate of drug-likeness (QED) is 0.154. The number of nitrogens with zero attached hydrogens (tertiary/aromatic N) is 1. The molecule has 0 saturated heterocycles. The lowest BCUT2D eigenvalue weighted by molar-refractivity contribution is 0.599. The number of anilines is 3. The first kappa shape index (κ1) is 40.7. The maximum Gasteiger partial charge on any atom is 0.0708 e. The van der Waals surface area contributed by atoms with Gasteiger partial charge in [0.1, 0.15) is 0 Å². The molecule has 1 spiro atoms. The summed E-state index contributed by atoms with van der Waals surface area (Å²) in [6, 6.07) is 93.3. The minimum Gasteiger partial charge on any atom is -0.310 e. The molecule has 0 N–H and O–H groups in total. The van der Waals surface area contributed by atoms with E-state index in [2.05, 4.69) is 266 Å². The molecule has 0 radical (unpaired) electrons. The fraction of sp³-hybridized carbons (Fsp3) is 0.0588. The Kier molecular flexibility index (Phi) is 9.41. The molecule has 3 aliphatic carbocycles. The predicted molar refractivity (Wildman–Crippen MR) is 295 cm³/mol. The Balaban J connectivity index is 0.998. The average Bonchev–Trinajstić information content (AvgIpc) is 3.97. The highest BCUT2D eigenvalue weighted by Crippen LogP contribution is 2.65. The second kappa shape index (κ2) is 16.2. The molecule has 0 bridgehead atoms. The van der Waals surface area contributed by atoms with Crippen LogP contribution < -0.4 is 4.90 Å². The van der Waals surface area contributed by atoms with E-state index in [0.29, 0.717) is 0 Å². The van der Waals surface area contributed by atoms with E-state index >= 15 is 0 Å². The molecule has 0 fully saturated rings. The van der Waals surface area contributed by atoms with E-state index in [-0.39, 0.29) is 0 Å². The normalized spacial score (nSPS) is 14.9. The zero-order valence-corrected chi connectivity index (χ0v) is 39.4. The molecule has 10 aromatic carbocycles. The zero-order valence-electron chi connectivity index (χ0n) is 38.6. The lowest BCUT2D eigenvalue weighted by atomic mass is 9.51. The van der Waals surface area contributed by atoms with Crippen LogP contribution in [0.4, 0.5) is 17.1 Å². The van der Waals surface area contributed by atoms with Crippen LogP contribution in [0.25, 0.3) is 48.0 Å². The highest BCUT2D eigenvalue weighted by Gasteiger charge is 2.57. The second-order valence-corrected chi connectivity index (χ2v) is 20.0. The van der Waals surface area contributed by atoms with Crippen molar-refractivity contribution in [3.8, 4) is 22.3 Å². The Hall–Kier alpha value is -8.30. The van der Waals surface area contributed by atoms with E-state index in [0.717, 1.165) is 29.9 Å². The molecule has 1 aromatic heterocycles. The number of benzene rings is 10. The summed E-state index contributed by atoms with van der Waals surface area (Å²) in [5.74, 6) is 0. The maximum absolute atomic E-state index is 2.55. The van der Waals surface area contributed by atoms with Crippen molar-refractivity contribution in [3.05, 3.63) is 311 Å². The van der Waals surface area contributed by atoms with Crippen LogP contribution in [0.3, 0.4) is 0 Å². The molecule has 70 heavy (non-hydrogen) atoms. The molecule has 0 atom stereocenters. The van der Waals surface area contributed by atoms with Crippen LogP contribution in [0.5, 0.6) is 0 Å². The smallest absolute Gasteiger partial charge is 0.0708 e. The van der Waals surface area contributed by atoms with Gasteiger partial charge in [-0.05, 0) is 139 Å². The highest BCUT2D eigenvalue weighted by atomic mass is 32.1. The molecule has 1 heterocycles. The van der Waals surface area contributed by atoms with Gasteiger partial charge in [-0.1, -0.05) is 212 Å². The van der Waals surface area contributed by atoms with Crippen molar-refractivity contribution in [3.63, 3.8) is 0 Å². The van der Waals surface area contributed by atoms with Gasteiger partial charge in [-0.25, -0.2) is 0 Å². The largest absolute Gasteiger partial charge is 0.310 e. The summed E-state index contributed by atoms with van der Waals surface area (Å²) >= 11 is 1.87. The fourth-order valence-corrected chi connectivity index (χ4v) is 13.8. The molecule has 330 valence electrons. The summed E-state index contributed by atoms with van der Waals surface area (Å²) in [6.07, 6.45) is 6.80. The fourth-order valence-electron chi connectivity index (χ4n) is 12.7. The summed E-state index contributed by atoms with van der Waals surface area (Å²) in [5, 5.41) is 2.64. The lowest BCUT2D eigenvalue weighted by Crippen LogP contribution is -2.45. The van der Waals surface area contributed by atoms with Gasteiger partial charge in [0.05, 0.1) is 10.8 Å². The molecule has 0 saturated carbocycles. The lowest BCUT2D eigenvalue weighted by Gasteiger charge is -2.50. The van der Waals surface area contributed by atoms with E-state index in [9.17, 15) is 0 Å². The Labute approximate surface area is 413 Å². The molecule has 3 aliphatic rings. The first-order chi connectivity index (χ1) is 34.7. The predicted octanol–water partition coefficient (Wildman–Crippen LogP) is 18.0. The Morgan fingerprint density at radius 3 is 1.53 bits per heavy atom. The highest BCUT2D eigenvalue weighted by molar-refractivity contribution is 7.25. The molecule has 0 amide bonds. The number of allylic oxidation sites excluding steroid dienone is 4. The summed E-state index contributed by atoms with van der Waals surface area (Å²) in [7, 11) is 0. The summed E-state index contributed by atoms with van der Waals surface area (Å²) in [5.41, 5.74) is 20.6. The zero-order chi connectivity index (χ0) is 46.2. The monoisotopic (exact) mass is 909 g/mol. The van der Waals surface area contributed by atoms with Crippen molar-refractivity contribution in [1.82, 2.24) is 0 Å². The van der Waals surface area contributed by atoms with Crippen LogP contribution in [-0.4, -0.2) is 0 Å². The Bertz CT molecular complexity index is 3770. The van der Waals surface area contributed by atoms with Crippen LogP contribution in [0.15, 0.2) is 266 Å².